The molecular weight excluding hydrogens is 325 g/mol. The van der Waals surface area contributed by atoms with Crippen LogP contribution in [0.2, 0.25) is 0 Å². The lowest BCUT2D eigenvalue weighted by atomic mass is 10.1. The van der Waals surface area contributed by atoms with Crippen LogP contribution in [0.3, 0.4) is 0 Å². The van der Waals surface area contributed by atoms with Crippen molar-refractivity contribution < 1.29 is 19.1 Å². The fourth-order valence-electron chi connectivity index (χ4n) is 2.12. The quantitative estimate of drug-likeness (QED) is 0.720. The number of hydrogen-bond acceptors (Lipinski definition) is 4. The van der Waals surface area contributed by atoms with E-state index in [4.69, 9.17) is 0 Å². The maximum absolute atomic E-state index is 13.4. The number of halogens is 1. The van der Waals surface area contributed by atoms with Crippen molar-refractivity contribution in [1.82, 2.24) is 5.32 Å². The fourth-order valence-corrected chi connectivity index (χ4v) is 2.12. The van der Waals surface area contributed by atoms with Crippen molar-refractivity contribution in [3.05, 3.63) is 59.9 Å². The van der Waals surface area contributed by atoms with E-state index in [1.54, 1.807) is 12.1 Å². The SMILES string of the molecule is CN(C)c1ccc(C(O)CNC(=O)C(=O)Nc2ccccc2F)cc1. The normalized spacial score (nSPS) is 11.5. The van der Waals surface area contributed by atoms with Crippen LogP contribution in [0.1, 0.15) is 11.7 Å². The summed E-state index contributed by atoms with van der Waals surface area (Å²) in [4.78, 5) is 25.5. The second-order valence-electron chi connectivity index (χ2n) is 5.65. The number of aliphatic hydroxyl groups is 1. The molecule has 0 aliphatic carbocycles. The van der Waals surface area contributed by atoms with Gasteiger partial charge in [0, 0.05) is 26.3 Å². The number of aliphatic hydroxyl groups excluding tert-OH is 1. The van der Waals surface area contributed by atoms with Gasteiger partial charge in [-0.25, -0.2) is 4.39 Å². The lowest BCUT2D eigenvalue weighted by Gasteiger charge is -2.15. The molecule has 0 saturated carbocycles. The van der Waals surface area contributed by atoms with Crippen LogP contribution < -0.4 is 15.5 Å². The van der Waals surface area contributed by atoms with Gasteiger partial charge in [0.15, 0.2) is 0 Å². The zero-order chi connectivity index (χ0) is 18.4. The van der Waals surface area contributed by atoms with Crippen LogP contribution in [0.4, 0.5) is 15.8 Å². The summed E-state index contributed by atoms with van der Waals surface area (Å²) in [5, 5.41) is 14.6. The van der Waals surface area contributed by atoms with Gasteiger partial charge in [-0.1, -0.05) is 24.3 Å². The molecule has 7 heteroatoms. The summed E-state index contributed by atoms with van der Waals surface area (Å²) in [6.07, 6.45) is -0.957. The minimum absolute atomic E-state index is 0.0810. The second kappa shape index (κ2) is 8.25. The average Bonchev–Trinajstić information content (AvgIpc) is 2.61. The van der Waals surface area contributed by atoms with E-state index in [9.17, 15) is 19.1 Å². The first-order valence-electron chi connectivity index (χ1n) is 7.67. The number of amides is 2. The van der Waals surface area contributed by atoms with E-state index in [0.717, 1.165) is 5.69 Å². The van der Waals surface area contributed by atoms with E-state index in [-0.39, 0.29) is 12.2 Å². The number of para-hydroxylation sites is 1. The van der Waals surface area contributed by atoms with Crippen molar-refractivity contribution in [2.45, 2.75) is 6.10 Å². The number of rotatable bonds is 5. The van der Waals surface area contributed by atoms with E-state index in [0.29, 0.717) is 5.56 Å². The number of carbonyl (C=O) groups is 2. The van der Waals surface area contributed by atoms with Gasteiger partial charge in [0.1, 0.15) is 5.82 Å². The van der Waals surface area contributed by atoms with Crippen molar-refractivity contribution in [3.63, 3.8) is 0 Å². The Kier molecular flexibility index (Phi) is 6.08. The van der Waals surface area contributed by atoms with Gasteiger partial charge in [-0.3, -0.25) is 9.59 Å². The summed E-state index contributed by atoms with van der Waals surface area (Å²) in [6, 6.07) is 12.7. The highest BCUT2D eigenvalue weighted by molar-refractivity contribution is 6.39. The number of carbonyl (C=O) groups excluding carboxylic acids is 2. The van der Waals surface area contributed by atoms with Crippen molar-refractivity contribution in [2.75, 3.05) is 30.9 Å². The Morgan fingerprint density at radius 1 is 1.08 bits per heavy atom. The van der Waals surface area contributed by atoms with Gasteiger partial charge in [-0.15, -0.1) is 0 Å². The Labute approximate surface area is 145 Å². The molecular formula is C18H20FN3O3. The van der Waals surface area contributed by atoms with Gasteiger partial charge in [0.2, 0.25) is 0 Å². The summed E-state index contributed by atoms with van der Waals surface area (Å²) in [6.45, 7) is -0.134. The van der Waals surface area contributed by atoms with E-state index in [2.05, 4.69) is 10.6 Å². The molecule has 0 fully saturated rings. The molecule has 0 aliphatic heterocycles. The highest BCUT2D eigenvalue weighted by Gasteiger charge is 2.17. The number of nitrogens with zero attached hydrogens (tertiary/aromatic N) is 1. The van der Waals surface area contributed by atoms with Crippen molar-refractivity contribution in [1.29, 1.82) is 0 Å². The Morgan fingerprint density at radius 2 is 1.72 bits per heavy atom. The molecule has 2 aromatic rings. The van der Waals surface area contributed by atoms with Crippen LogP contribution in [0.15, 0.2) is 48.5 Å². The number of hydrogen-bond donors (Lipinski definition) is 3. The average molecular weight is 345 g/mol. The number of nitrogens with one attached hydrogen (secondary N) is 2. The number of benzene rings is 2. The molecule has 1 atom stereocenters. The first-order chi connectivity index (χ1) is 11.9. The summed E-state index contributed by atoms with van der Waals surface area (Å²) >= 11 is 0. The Morgan fingerprint density at radius 3 is 2.32 bits per heavy atom. The fraction of sp³-hybridized carbons (Fsp3) is 0.222. The largest absolute Gasteiger partial charge is 0.387 e. The van der Waals surface area contributed by atoms with Crippen molar-refractivity contribution in [2.24, 2.45) is 0 Å². The third-order valence-corrected chi connectivity index (χ3v) is 3.58. The predicted octanol–water partition coefficient (Wildman–Crippen LogP) is 1.68. The number of anilines is 2. The van der Waals surface area contributed by atoms with E-state index >= 15 is 0 Å². The molecule has 2 rings (SSSR count). The van der Waals surface area contributed by atoms with Crippen LogP contribution in [0, 0.1) is 5.82 Å². The Bertz CT molecular complexity index is 747. The van der Waals surface area contributed by atoms with Crippen LogP contribution in [-0.2, 0) is 9.59 Å². The molecule has 0 radical (unpaired) electrons. The molecule has 0 aliphatic rings. The lowest BCUT2D eigenvalue weighted by Crippen LogP contribution is -2.37. The van der Waals surface area contributed by atoms with Crippen LogP contribution in [0.25, 0.3) is 0 Å². The highest BCUT2D eigenvalue weighted by Crippen LogP contribution is 2.17. The summed E-state index contributed by atoms with van der Waals surface area (Å²) in [5.41, 5.74) is 1.51. The molecule has 0 heterocycles. The first-order valence-corrected chi connectivity index (χ1v) is 7.67. The molecule has 3 N–H and O–H groups in total. The van der Waals surface area contributed by atoms with Crippen molar-refractivity contribution in [3.8, 4) is 0 Å². The maximum atomic E-state index is 13.4. The lowest BCUT2D eigenvalue weighted by molar-refractivity contribution is -0.136. The molecule has 132 valence electrons. The Hall–Kier alpha value is -2.93. The standard InChI is InChI=1S/C18H20FN3O3/c1-22(2)13-9-7-12(8-10-13)16(23)11-20-17(24)18(25)21-15-6-4-3-5-14(15)19/h3-10,16,23H,11H2,1-2H3,(H,20,24)(H,21,25). The van der Waals surface area contributed by atoms with E-state index in [1.807, 2.05) is 31.1 Å². The predicted molar refractivity (Wildman–Crippen MR) is 93.8 cm³/mol. The molecule has 0 saturated heterocycles. The smallest absolute Gasteiger partial charge is 0.313 e. The molecule has 0 aromatic heterocycles. The van der Waals surface area contributed by atoms with Crippen LogP contribution in [-0.4, -0.2) is 37.6 Å². The van der Waals surface area contributed by atoms with Gasteiger partial charge in [-0.05, 0) is 29.8 Å². The zero-order valence-corrected chi connectivity index (χ0v) is 14.0. The third-order valence-electron chi connectivity index (χ3n) is 3.58. The zero-order valence-electron chi connectivity index (χ0n) is 14.0. The van der Waals surface area contributed by atoms with Crippen molar-refractivity contribution >= 4 is 23.2 Å². The van der Waals surface area contributed by atoms with E-state index < -0.39 is 23.7 Å². The third kappa shape index (κ3) is 5.02. The molecule has 2 aromatic carbocycles. The van der Waals surface area contributed by atoms with Gasteiger partial charge in [0.05, 0.1) is 11.8 Å². The summed E-state index contributed by atoms with van der Waals surface area (Å²) < 4.78 is 13.4. The Balaban J connectivity index is 1.88. The molecule has 25 heavy (non-hydrogen) atoms. The minimum Gasteiger partial charge on any atom is -0.387 e. The molecule has 0 spiro atoms. The molecule has 2 amide bonds. The first kappa shape index (κ1) is 18.4. The van der Waals surface area contributed by atoms with Gasteiger partial charge >= 0.3 is 11.8 Å². The second-order valence-corrected chi connectivity index (χ2v) is 5.65. The topological polar surface area (TPSA) is 81.7 Å². The minimum atomic E-state index is -1.000. The maximum Gasteiger partial charge on any atom is 0.313 e. The van der Waals surface area contributed by atoms with Gasteiger partial charge < -0.3 is 20.6 Å². The molecule has 6 nitrogen and oxygen atoms in total. The summed E-state index contributed by atoms with van der Waals surface area (Å²) in [5.74, 6) is -2.59. The molecule has 1 unspecified atom stereocenters. The molecule has 0 bridgehead atoms. The van der Waals surface area contributed by atoms with Gasteiger partial charge in [0.25, 0.3) is 0 Å². The van der Waals surface area contributed by atoms with E-state index in [1.165, 1.54) is 24.3 Å². The monoisotopic (exact) mass is 345 g/mol. The highest BCUT2D eigenvalue weighted by atomic mass is 19.1. The van der Waals surface area contributed by atoms with Crippen LogP contribution in [0.5, 0.6) is 0 Å². The van der Waals surface area contributed by atoms with Crippen LogP contribution >= 0.6 is 0 Å². The van der Waals surface area contributed by atoms with Gasteiger partial charge in [-0.2, -0.15) is 0 Å². The summed E-state index contributed by atoms with van der Waals surface area (Å²) in [7, 11) is 3.81.